The molecule has 0 aromatic heterocycles. The molecule has 0 saturated heterocycles. The molecule has 0 heterocycles. The molecule has 1 aliphatic carbocycles. The maximum Gasteiger partial charge on any atom is 0.159 e. The van der Waals surface area contributed by atoms with Gasteiger partial charge in [-0.05, 0) is 58.9 Å². The second-order valence-corrected chi connectivity index (χ2v) is 7.68. The monoisotopic (exact) mass is 398 g/mol. The fraction of sp³-hybridized carbons (Fsp3) is 0.280. The Bertz CT molecular complexity index is 1070. The summed E-state index contributed by atoms with van der Waals surface area (Å²) in [6.07, 6.45) is 6.04. The van der Waals surface area contributed by atoms with E-state index in [2.05, 4.69) is 13.0 Å². The maximum atomic E-state index is 15.2. The Kier molecular flexibility index (Phi) is 5.44. The van der Waals surface area contributed by atoms with Crippen molar-refractivity contribution in [3.05, 3.63) is 82.4 Å². The molecular formula is C25H22F4. The summed E-state index contributed by atoms with van der Waals surface area (Å²) in [5.74, 6) is -3.65. The Morgan fingerprint density at radius 1 is 0.759 bits per heavy atom. The molecule has 4 heteroatoms. The number of rotatable bonds is 6. The van der Waals surface area contributed by atoms with E-state index >= 15 is 4.39 Å². The van der Waals surface area contributed by atoms with Crippen LogP contribution in [0.1, 0.15) is 49.3 Å². The molecule has 0 fully saturated rings. The van der Waals surface area contributed by atoms with Gasteiger partial charge in [0.2, 0.25) is 0 Å². The van der Waals surface area contributed by atoms with Crippen molar-refractivity contribution in [2.45, 2.75) is 45.4 Å². The van der Waals surface area contributed by atoms with E-state index in [1.807, 2.05) is 12.1 Å². The lowest BCUT2D eigenvalue weighted by molar-refractivity contribution is 0.508. The zero-order chi connectivity index (χ0) is 20.5. The van der Waals surface area contributed by atoms with Gasteiger partial charge in [0, 0.05) is 12.0 Å². The molecule has 0 bridgehead atoms. The number of hydrogen-bond acceptors (Lipinski definition) is 0. The maximum absolute atomic E-state index is 15.2. The van der Waals surface area contributed by atoms with Crippen molar-refractivity contribution in [1.82, 2.24) is 0 Å². The number of halogens is 4. The Morgan fingerprint density at radius 3 is 2.34 bits per heavy atom. The summed E-state index contributed by atoms with van der Waals surface area (Å²) >= 11 is 0. The van der Waals surface area contributed by atoms with E-state index in [0.29, 0.717) is 17.5 Å². The van der Waals surface area contributed by atoms with Crippen LogP contribution in [-0.2, 0) is 12.8 Å². The van der Waals surface area contributed by atoms with E-state index in [1.54, 1.807) is 0 Å². The van der Waals surface area contributed by atoms with E-state index < -0.39 is 23.3 Å². The topological polar surface area (TPSA) is 0 Å². The van der Waals surface area contributed by atoms with E-state index in [4.69, 9.17) is 0 Å². The molecule has 0 amide bonds. The zero-order valence-corrected chi connectivity index (χ0v) is 16.3. The van der Waals surface area contributed by atoms with Crippen molar-refractivity contribution in [2.24, 2.45) is 0 Å². The van der Waals surface area contributed by atoms with Crippen LogP contribution in [0.4, 0.5) is 17.6 Å². The average Bonchev–Trinajstić information content (AvgIpc) is 3.06. The second-order valence-electron chi connectivity index (χ2n) is 7.68. The van der Waals surface area contributed by atoms with Gasteiger partial charge in [-0.15, -0.1) is 0 Å². The first-order chi connectivity index (χ1) is 14.0. The van der Waals surface area contributed by atoms with Crippen molar-refractivity contribution in [2.75, 3.05) is 0 Å². The number of benzene rings is 3. The normalized spacial score (nSPS) is 12.2. The standard InChI is InChI=1S/C25H22F4/c1-2-3-4-5-6-15-7-9-18-17(11-15)12-20-19(18)14-23(28)24(25(20)29)16-8-10-21(26)22(27)13-16/h7-11,13-14H,2-6,12H2,1H3. The van der Waals surface area contributed by atoms with Gasteiger partial charge in [0.05, 0.1) is 5.56 Å². The summed E-state index contributed by atoms with van der Waals surface area (Å²) in [6, 6.07) is 10.3. The van der Waals surface area contributed by atoms with Crippen LogP contribution >= 0.6 is 0 Å². The number of aryl methyl sites for hydroxylation is 1. The smallest absolute Gasteiger partial charge is 0.159 e. The molecule has 0 N–H and O–H groups in total. The molecule has 0 unspecified atom stereocenters. The number of fused-ring (bicyclic) bond motifs is 3. The van der Waals surface area contributed by atoms with Crippen molar-refractivity contribution >= 4 is 0 Å². The van der Waals surface area contributed by atoms with Crippen molar-refractivity contribution in [3.8, 4) is 22.3 Å². The molecular weight excluding hydrogens is 376 g/mol. The first-order valence-corrected chi connectivity index (χ1v) is 10.1. The highest BCUT2D eigenvalue weighted by Crippen LogP contribution is 2.42. The third-order valence-electron chi connectivity index (χ3n) is 5.67. The minimum atomic E-state index is -1.13. The molecule has 0 aliphatic heterocycles. The van der Waals surface area contributed by atoms with Crippen LogP contribution < -0.4 is 0 Å². The summed E-state index contributed by atoms with van der Waals surface area (Å²) in [7, 11) is 0. The molecule has 3 aromatic carbocycles. The van der Waals surface area contributed by atoms with Crippen molar-refractivity contribution < 1.29 is 17.6 Å². The van der Waals surface area contributed by atoms with Crippen LogP contribution in [0.15, 0.2) is 42.5 Å². The van der Waals surface area contributed by atoms with Gasteiger partial charge in [0.1, 0.15) is 11.6 Å². The second kappa shape index (κ2) is 8.02. The molecule has 0 saturated carbocycles. The van der Waals surface area contributed by atoms with E-state index in [-0.39, 0.29) is 11.1 Å². The van der Waals surface area contributed by atoms with Gasteiger partial charge in [-0.3, -0.25) is 0 Å². The highest BCUT2D eigenvalue weighted by atomic mass is 19.2. The first-order valence-electron chi connectivity index (χ1n) is 10.1. The van der Waals surface area contributed by atoms with Gasteiger partial charge < -0.3 is 0 Å². The largest absolute Gasteiger partial charge is 0.206 e. The van der Waals surface area contributed by atoms with Crippen LogP contribution in [0.3, 0.4) is 0 Å². The Labute approximate surface area is 168 Å². The summed E-state index contributed by atoms with van der Waals surface area (Å²) in [6.45, 7) is 2.18. The lowest BCUT2D eigenvalue weighted by atomic mass is 9.97. The number of hydrogen-bond donors (Lipinski definition) is 0. The summed E-state index contributed by atoms with van der Waals surface area (Å²) in [4.78, 5) is 0. The molecule has 0 nitrogen and oxygen atoms in total. The van der Waals surface area contributed by atoms with Gasteiger partial charge in [0.25, 0.3) is 0 Å². The van der Waals surface area contributed by atoms with Crippen LogP contribution in [0.5, 0.6) is 0 Å². The fourth-order valence-electron chi connectivity index (χ4n) is 4.15. The highest BCUT2D eigenvalue weighted by molar-refractivity contribution is 5.81. The van der Waals surface area contributed by atoms with Gasteiger partial charge in [-0.1, -0.05) is 50.5 Å². The third kappa shape index (κ3) is 3.68. The predicted molar refractivity (Wildman–Crippen MR) is 108 cm³/mol. The summed E-state index contributed by atoms with van der Waals surface area (Å²) in [5.41, 5.74) is 3.66. The summed E-state index contributed by atoms with van der Waals surface area (Å²) < 4.78 is 56.8. The Balaban J connectivity index is 1.68. The Morgan fingerprint density at radius 2 is 1.59 bits per heavy atom. The predicted octanol–water partition coefficient (Wildman–Crippen LogP) is 7.60. The minimum Gasteiger partial charge on any atom is -0.206 e. The quantitative estimate of drug-likeness (QED) is 0.232. The average molecular weight is 398 g/mol. The van der Waals surface area contributed by atoms with E-state index in [1.165, 1.54) is 37.0 Å². The fourth-order valence-corrected chi connectivity index (χ4v) is 4.15. The van der Waals surface area contributed by atoms with E-state index in [0.717, 1.165) is 36.1 Å². The lowest BCUT2D eigenvalue weighted by Crippen LogP contribution is -1.98. The molecule has 4 rings (SSSR count). The number of unbranched alkanes of at least 4 members (excludes halogenated alkanes) is 3. The van der Waals surface area contributed by atoms with Crippen molar-refractivity contribution in [3.63, 3.8) is 0 Å². The zero-order valence-electron chi connectivity index (χ0n) is 16.3. The van der Waals surface area contributed by atoms with Crippen LogP contribution in [-0.4, -0.2) is 0 Å². The first kappa shape index (κ1) is 19.7. The van der Waals surface area contributed by atoms with Gasteiger partial charge >= 0.3 is 0 Å². The molecule has 0 atom stereocenters. The van der Waals surface area contributed by atoms with Gasteiger partial charge in [0.15, 0.2) is 11.6 Å². The lowest BCUT2D eigenvalue weighted by Gasteiger charge is -2.11. The molecule has 0 spiro atoms. The van der Waals surface area contributed by atoms with Crippen LogP contribution in [0, 0.1) is 23.3 Å². The molecule has 150 valence electrons. The SMILES string of the molecule is CCCCCCc1ccc2c(c1)Cc1c-2cc(F)c(-c2ccc(F)c(F)c2)c1F. The summed E-state index contributed by atoms with van der Waals surface area (Å²) in [5, 5.41) is 0. The van der Waals surface area contributed by atoms with Gasteiger partial charge in [-0.25, -0.2) is 17.6 Å². The third-order valence-corrected chi connectivity index (χ3v) is 5.67. The molecule has 29 heavy (non-hydrogen) atoms. The minimum absolute atomic E-state index is 0.00531. The van der Waals surface area contributed by atoms with Crippen molar-refractivity contribution in [1.29, 1.82) is 0 Å². The van der Waals surface area contributed by atoms with Crippen LogP contribution in [0.25, 0.3) is 22.3 Å². The van der Waals surface area contributed by atoms with Crippen LogP contribution in [0.2, 0.25) is 0 Å². The molecule has 3 aromatic rings. The van der Waals surface area contributed by atoms with Gasteiger partial charge in [-0.2, -0.15) is 0 Å². The highest BCUT2D eigenvalue weighted by Gasteiger charge is 2.27. The van der Waals surface area contributed by atoms with E-state index in [9.17, 15) is 13.2 Å². The molecule has 0 radical (unpaired) electrons. The molecule has 1 aliphatic rings. The Hall–Kier alpha value is -2.62.